The SMILES string of the molecule is O=C(/C=C/c1ccccn1)NCCCCCC(=O)NOC(=O)C(=O)ONC(=O)CCCCCNC(=O)/C=C/c1ccccn1. The van der Waals surface area contributed by atoms with Crippen LogP contribution in [-0.2, 0) is 38.4 Å². The standard InChI is InChI=1S/C30H36N6O8/c37-25(17-15-23-11-5-9-19-31-23)33-21-7-1-3-13-27(39)35-43-29(41)30(42)44-36-28(40)14-4-2-8-22-34-26(38)18-16-24-12-6-10-20-32-24/h5-6,9-12,15-20H,1-4,7-8,13-14,21-22H2,(H,33,37)(H,34,38)(H,35,39)(H,36,40)/b17-15+,18-16+. The summed E-state index contributed by atoms with van der Waals surface area (Å²) in [5.41, 5.74) is 5.03. The van der Waals surface area contributed by atoms with E-state index in [-0.39, 0.29) is 24.7 Å². The highest BCUT2D eigenvalue weighted by Gasteiger charge is 2.20. The Labute approximate surface area is 254 Å². The molecule has 0 aromatic carbocycles. The molecule has 4 N–H and O–H groups in total. The van der Waals surface area contributed by atoms with Crippen LogP contribution in [0.4, 0.5) is 0 Å². The van der Waals surface area contributed by atoms with Crippen LogP contribution >= 0.6 is 0 Å². The smallest absolute Gasteiger partial charge is 0.353 e. The number of unbranched alkanes of at least 4 members (excludes halogenated alkanes) is 4. The third-order valence-corrected chi connectivity index (χ3v) is 5.63. The van der Waals surface area contributed by atoms with E-state index in [4.69, 9.17) is 0 Å². The molecule has 14 nitrogen and oxygen atoms in total. The van der Waals surface area contributed by atoms with E-state index >= 15 is 0 Å². The highest BCUT2D eigenvalue weighted by Crippen LogP contribution is 2.01. The van der Waals surface area contributed by atoms with Crippen LogP contribution in [0.2, 0.25) is 0 Å². The van der Waals surface area contributed by atoms with Gasteiger partial charge in [0.15, 0.2) is 0 Å². The zero-order valence-corrected chi connectivity index (χ0v) is 24.2. The van der Waals surface area contributed by atoms with Crippen molar-refractivity contribution < 1.29 is 38.4 Å². The quantitative estimate of drug-likeness (QED) is 0.0943. The van der Waals surface area contributed by atoms with Gasteiger partial charge < -0.3 is 20.3 Å². The Kier molecular flexibility index (Phi) is 16.9. The van der Waals surface area contributed by atoms with Gasteiger partial charge in [0.1, 0.15) is 0 Å². The number of amides is 4. The van der Waals surface area contributed by atoms with Gasteiger partial charge in [-0.3, -0.25) is 29.1 Å². The first-order chi connectivity index (χ1) is 21.3. The molecule has 14 heteroatoms. The minimum atomic E-state index is -1.51. The lowest BCUT2D eigenvalue weighted by Gasteiger charge is -2.07. The van der Waals surface area contributed by atoms with Crippen LogP contribution in [0.1, 0.15) is 62.8 Å². The molecule has 2 aromatic heterocycles. The summed E-state index contributed by atoms with van der Waals surface area (Å²) in [4.78, 5) is 87.4. The molecule has 0 bridgehead atoms. The minimum absolute atomic E-state index is 0.0259. The Morgan fingerprint density at radius 2 is 1.02 bits per heavy atom. The fourth-order valence-corrected chi connectivity index (χ4v) is 3.38. The number of aromatic nitrogens is 2. The van der Waals surface area contributed by atoms with Crippen molar-refractivity contribution in [2.24, 2.45) is 0 Å². The van der Waals surface area contributed by atoms with E-state index in [2.05, 4.69) is 30.3 Å². The van der Waals surface area contributed by atoms with E-state index in [1.54, 1.807) is 48.8 Å². The molecule has 0 saturated heterocycles. The fraction of sp³-hybridized carbons (Fsp3) is 0.333. The van der Waals surface area contributed by atoms with Crippen molar-refractivity contribution in [3.63, 3.8) is 0 Å². The largest absolute Gasteiger partial charge is 0.443 e. The van der Waals surface area contributed by atoms with Crippen molar-refractivity contribution in [1.82, 2.24) is 31.6 Å². The molecule has 2 rings (SSSR count). The number of nitrogens with one attached hydrogen (secondary N) is 4. The van der Waals surface area contributed by atoms with Crippen molar-refractivity contribution in [2.75, 3.05) is 13.1 Å². The van der Waals surface area contributed by atoms with Crippen LogP contribution in [0.25, 0.3) is 12.2 Å². The molecule has 0 radical (unpaired) electrons. The second kappa shape index (κ2) is 21.3. The van der Waals surface area contributed by atoms with Gasteiger partial charge >= 0.3 is 11.9 Å². The van der Waals surface area contributed by atoms with Crippen molar-refractivity contribution in [2.45, 2.75) is 51.4 Å². The third kappa shape index (κ3) is 16.8. The molecule has 0 aliphatic carbocycles. The first-order valence-electron chi connectivity index (χ1n) is 14.1. The fourth-order valence-electron chi connectivity index (χ4n) is 3.38. The summed E-state index contributed by atoms with van der Waals surface area (Å²) >= 11 is 0. The Balaban J connectivity index is 1.43. The van der Waals surface area contributed by atoms with E-state index < -0.39 is 23.8 Å². The Morgan fingerprint density at radius 3 is 1.41 bits per heavy atom. The molecule has 0 aliphatic rings. The predicted molar refractivity (Wildman–Crippen MR) is 158 cm³/mol. The Morgan fingerprint density at radius 1 is 0.591 bits per heavy atom. The molecule has 0 unspecified atom stereocenters. The number of hydrogen-bond acceptors (Lipinski definition) is 10. The lowest BCUT2D eigenvalue weighted by Crippen LogP contribution is -2.35. The number of hydrogen-bond donors (Lipinski definition) is 4. The first-order valence-corrected chi connectivity index (χ1v) is 14.1. The number of pyridine rings is 2. The molecule has 4 amide bonds. The molecular weight excluding hydrogens is 572 g/mol. The summed E-state index contributed by atoms with van der Waals surface area (Å²) in [5.74, 6) is -4.78. The van der Waals surface area contributed by atoms with Gasteiger partial charge in [0.05, 0.1) is 11.4 Å². The molecule has 234 valence electrons. The van der Waals surface area contributed by atoms with Gasteiger partial charge in [-0.1, -0.05) is 25.0 Å². The molecule has 0 saturated carbocycles. The highest BCUT2D eigenvalue weighted by molar-refractivity contribution is 6.29. The van der Waals surface area contributed by atoms with Crippen molar-refractivity contribution in [1.29, 1.82) is 0 Å². The van der Waals surface area contributed by atoms with Crippen LogP contribution < -0.4 is 21.6 Å². The molecule has 44 heavy (non-hydrogen) atoms. The molecule has 0 spiro atoms. The van der Waals surface area contributed by atoms with Crippen LogP contribution in [0, 0.1) is 0 Å². The van der Waals surface area contributed by atoms with Gasteiger partial charge in [-0.2, -0.15) is 11.0 Å². The monoisotopic (exact) mass is 608 g/mol. The maximum Gasteiger partial charge on any atom is 0.443 e. The summed E-state index contributed by atoms with van der Waals surface area (Å²) in [6, 6.07) is 10.7. The van der Waals surface area contributed by atoms with Crippen molar-refractivity contribution in [3.8, 4) is 0 Å². The molecule has 2 heterocycles. The average Bonchev–Trinajstić information content (AvgIpc) is 3.04. The van der Waals surface area contributed by atoms with Gasteiger partial charge in [-0.25, -0.2) is 9.59 Å². The number of carbonyl (C=O) groups excluding carboxylic acids is 6. The lowest BCUT2D eigenvalue weighted by molar-refractivity contribution is -0.179. The molecular formula is C30H36N6O8. The van der Waals surface area contributed by atoms with E-state index in [0.29, 0.717) is 63.0 Å². The summed E-state index contributed by atoms with van der Waals surface area (Å²) in [5, 5.41) is 5.44. The van der Waals surface area contributed by atoms with Gasteiger partial charge in [-0.05, 0) is 62.1 Å². The van der Waals surface area contributed by atoms with Gasteiger partial charge in [0.25, 0.3) is 11.8 Å². The van der Waals surface area contributed by atoms with Gasteiger partial charge in [-0.15, -0.1) is 0 Å². The summed E-state index contributed by atoms with van der Waals surface area (Å²) in [6.45, 7) is 0.840. The third-order valence-electron chi connectivity index (χ3n) is 5.63. The van der Waals surface area contributed by atoms with E-state index in [1.807, 2.05) is 23.1 Å². The van der Waals surface area contributed by atoms with Crippen molar-refractivity contribution >= 4 is 47.7 Å². The second-order valence-corrected chi connectivity index (χ2v) is 9.21. The van der Waals surface area contributed by atoms with Gasteiger partial charge in [0, 0.05) is 50.5 Å². The maximum absolute atomic E-state index is 11.8. The average molecular weight is 609 g/mol. The molecule has 0 aliphatic heterocycles. The topological polar surface area (TPSA) is 195 Å². The molecule has 2 aromatic rings. The van der Waals surface area contributed by atoms with E-state index in [0.717, 1.165) is 0 Å². The Bertz CT molecular complexity index is 1190. The maximum atomic E-state index is 11.8. The second-order valence-electron chi connectivity index (χ2n) is 9.21. The normalized spacial score (nSPS) is 10.6. The molecule has 0 atom stereocenters. The van der Waals surface area contributed by atoms with E-state index in [1.165, 1.54) is 12.2 Å². The molecule has 0 fully saturated rings. The van der Waals surface area contributed by atoms with Crippen LogP contribution in [0.15, 0.2) is 60.9 Å². The van der Waals surface area contributed by atoms with Gasteiger partial charge in [0.2, 0.25) is 11.8 Å². The Hall–Kier alpha value is -5.40. The zero-order chi connectivity index (χ0) is 31.8. The minimum Gasteiger partial charge on any atom is -0.353 e. The van der Waals surface area contributed by atoms with Crippen LogP contribution in [0.3, 0.4) is 0 Å². The number of hydroxylamine groups is 2. The highest BCUT2D eigenvalue weighted by atomic mass is 16.7. The first kappa shape index (κ1) is 34.8. The zero-order valence-electron chi connectivity index (χ0n) is 24.2. The summed E-state index contributed by atoms with van der Waals surface area (Å²) in [6.07, 6.45) is 12.7. The summed E-state index contributed by atoms with van der Waals surface area (Å²) in [7, 11) is 0. The van der Waals surface area contributed by atoms with Crippen LogP contribution in [0.5, 0.6) is 0 Å². The summed E-state index contributed by atoms with van der Waals surface area (Å²) < 4.78 is 0. The van der Waals surface area contributed by atoms with E-state index in [9.17, 15) is 28.8 Å². The van der Waals surface area contributed by atoms with Crippen LogP contribution in [-0.4, -0.2) is 58.6 Å². The predicted octanol–water partition coefficient (Wildman–Crippen LogP) is 1.71. The van der Waals surface area contributed by atoms with Crippen molar-refractivity contribution in [3.05, 3.63) is 72.3 Å². The number of carbonyl (C=O) groups is 6. The number of nitrogens with zero attached hydrogens (tertiary/aromatic N) is 2. The number of rotatable bonds is 16. The lowest BCUT2D eigenvalue weighted by atomic mass is 10.2.